The molecule has 0 aliphatic heterocycles. The maximum Gasteiger partial charge on any atom is 0.257 e. The zero-order valence-electron chi connectivity index (χ0n) is 17.8. The zero-order valence-corrected chi connectivity index (χ0v) is 20.1. The number of anilines is 1. The molecule has 34 heavy (non-hydrogen) atoms. The molecule has 0 unspecified atom stereocenters. The highest BCUT2D eigenvalue weighted by atomic mass is 35.5. The van der Waals surface area contributed by atoms with Gasteiger partial charge >= 0.3 is 0 Å². The first-order chi connectivity index (χ1) is 16.5. The minimum absolute atomic E-state index is 0.00946. The molecule has 4 aromatic carbocycles. The molecule has 1 heterocycles. The topological polar surface area (TPSA) is 51.1 Å². The van der Waals surface area contributed by atoms with Crippen LogP contribution in [0.25, 0.3) is 21.8 Å². The molecule has 0 aliphatic carbocycles. The fourth-order valence-electron chi connectivity index (χ4n) is 3.94. The molecule has 0 radical (unpaired) electrons. The number of fused-ring (bicyclic) bond motifs is 3. The number of carbonyl (C=O) groups is 2. The summed E-state index contributed by atoms with van der Waals surface area (Å²) in [6, 6.07) is 28.0. The average Bonchev–Trinajstić information content (AvgIpc) is 3.17. The molecule has 0 spiro atoms. The molecule has 5 aromatic rings. The molecular weight excluding hydrogens is 487 g/mol. The van der Waals surface area contributed by atoms with Gasteiger partial charge in [-0.2, -0.15) is 0 Å². The van der Waals surface area contributed by atoms with E-state index in [2.05, 4.69) is 5.32 Å². The largest absolute Gasteiger partial charge is 0.322 e. The van der Waals surface area contributed by atoms with Crippen molar-refractivity contribution in [2.75, 3.05) is 11.1 Å². The van der Waals surface area contributed by atoms with Crippen molar-refractivity contribution in [3.8, 4) is 0 Å². The Hall–Kier alpha value is -3.25. The number of carbonyl (C=O) groups excluding carboxylic acids is 2. The van der Waals surface area contributed by atoms with Crippen LogP contribution in [0.5, 0.6) is 0 Å². The van der Waals surface area contributed by atoms with Crippen LogP contribution >= 0.6 is 35.0 Å². The molecule has 5 rings (SSSR count). The molecule has 0 aliphatic rings. The van der Waals surface area contributed by atoms with E-state index in [1.807, 2.05) is 66.7 Å². The Morgan fingerprint density at radius 2 is 1.47 bits per heavy atom. The van der Waals surface area contributed by atoms with Gasteiger partial charge in [-0.05, 0) is 48.5 Å². The minimum atomic E-state index is -0.329. The maximum atomic E-state index is 13.3. The Balaban J connectivity index is 1.34. The number of amides is 1. The smallest absolute Gasteiger partial charge is 0.257 e. The number of benzene rings is 4. The summed E-state index contributed by atoms with van der Waals surface area (Å²) in [7, 11) is 0. The van der Waals surface area contributed by atoms with Crippen LogP contribution in [0.1, 0.15) is 15.2 Å². The summed E-state index contributed by atoms with van der Waals surface area (Å²) < 4.78 is 1.78. The lowest BCUT2D eigenvalue weighted by molar-refractivity contribution is 0.0950. The molecule has 0 atom stereocenters. The van der Waals surface area contributed by atoms with Gasteiger partial charge in [0.1, 0.15) is 0 Å². The van der Waals surface area contributed by atoms with Crippen LogP contribution in [0.15, 0.2) is 95.9 Å². The number of thioether (sulfide) groups is 1. The minimum Gasteiger partial charge on any atom is -0.322 e. The van der Waals surface area contributed by atoms with Crippen LogP contribution < -0.4 is 5.32 Å². The Labute approximate surface area is 210 Å². The molecule has 1 amide bonds. The first-order valence-electron chi connectivity index (χ1n) is 10.5. The summed E-state index contributed by atoms with van der Waals surface area (Å²) in [6.45, 7) is 0. The predicted molar refractivity (Wildman–Crippen MR) is 142 cm³/mol. The number of halogens is 2. The third-order valence-corrected chi connectivity index (χ3v) is 6.99. The summed E-state index contributed by atoms with van der Waals surface area (Å²) in [5.41, 5.74) is 2.75. The summed E-state index contributed by atoms with van der Waals surface area (Å²) in [4.78, 5) is 26.8. The summed E-state index contributed by atoms with van der Waals surface area (Å²) in [5.74, 6) is -0.0849. The fourth-order valence-corrected chi connectivity index (χ4v) is 5.24. The van der Waals surface area contributed by atoms with Crippen LogP contribution in [0.4, 0.5) is 5.69 Å². The van der Waals surface area contributed by atoms with Crippen molar-refractivity contribution in [1.29, 1.82) is 0 Å². The van der Waals surface area contributed by atoms with E-state index in [9.17, 15) is 9.59 Å². The van der Waals surface area contributed by atoms with Gasteiger partial charge in [-0.25, -0.2) is 0 Å². The molecule has 168 valence electrons. The highest BCUT2D eigenvalue weighted by molar-refractivity contribution is 8.00. The van der Waals surface area contributed by atoms with Gasteiger partial charge in [0.15, 0.2) is 0 Å². The lowest BCUT2D eigenvalue weighted by Gasteiger charge is -2.09. The van der Waals surface area contributed by atoms with E-state index in [1.54, 1.807) is 22.8 Å². The van der Waals surface area contributed by atoms with Gasteiger partial charge in [-0.15, -0.1) is 11.8 Å². The number of nitrogens with one attached hydrogen (secondary N) is 1. The lowest BCUT2D eigenvalue weighted by Crippen LogP contribution is -2.13. The third-order valence-electron chi connectivity index (χ3n) is 5.46. The molecule has 4 nitrogen and oxygen atoms in total. The van der Waals surface area contributed by atoms with E-state index in [0.717, 1.165) is 26.7 Å². The third kappa shape index (κ3) is 4.42. The normalized spacial score (nSPS) is 11.1. The predicted octanol–water partition coefficient (Wildman–Crippen LogP) is 7.79. The standard InChI is InChI=1S/C27H18Cl2N2O2S/c28-17-12-13-22(23(29)14-17)27(33)30-18-6-5-7-19(15-18)34-16-26(32)31-24-10-3-1-8-20(24)21-9-2-4-11-25(21)31/h1-15H,16H2,(H,30,33). The summed E-state index contributed by atoms with van der Waals surface area (Å²) in [6.07, 6.45) is 0. The lowest BCUT2D eigenvalue weighted by atomic mass is 10.2. The van der Waals surface area contributed by atoms with Crippen molar-refractivity contribution in [3.63, 3.8) is 0 Å². The monoisotopic (exact) mass is 504 g/mol. The van der Waals surface area contributed by atoms with Crippen molar-refractivity contribution >= 4 is 74.3 Å². The van der Waals surface area contributed by atoms with Crippen molar-refractivity contribution in [2.45, 2.75) is 4.90 Å². The van der Waals surface area contributed by atoms with Crippen LogP contribution in [-0.4, -0.2) is 22.1 Å². The quantitative estimate of drug-likeness (QED) is 0.248. The van der Waals surface area contributed by atoms with Gasteiger partial charge < -0.3 is 5.32 Å². The average molecular weight is 505 g/mol. The van der Waals surface area contributed by atoms with Gasteiger partial charge in [0.05, 0.1) is 27.4 Å². The van der Waals surface area contributed by atoms with Crippen LogP contribution in [0.3, 0.4) is 0 Å². The Morgan fingerprint density at radius 3 is 2.15 bits per heavy atom. The van der Waals surface area contributed by atoms with Crippen molar-refractivity contribution in [2.24, 2.45) is 0 Å². The van der Waals surface area contributed by atoms with Gasteiger partial charge in [-0.3, -0.25) is 14.2 Å². The summed E-state index contributed by atoms with van der Waals surface area (Å²) in [5, 5.41) is 5.72. The number of para-hydroxylation sites is 2. The van der Waals surface area contributed by atoms with E-state index in [0.29, 0.717) is 16.3 Å². The molecule has 0 saturated heterocycles. The van der Waals surface area contributed by atoms with Crippen molar-refractivity contribution < 1.29 is 9.59 Å². The number of rotatable bonds is 5. The molecule has 0 bridgehead atoms. The zero-order chi connectivity index (χ0) is 23.7. The van der Waals surface area contributed by atoms with Crippen LogP contribution in [0.2, 0.25) is 10.0 Å². The van der Waals surface area contributed by atoms with Crippen LogP contribution in [0, 0.1) is 0 Å². The Morgan fingerprint density at radius 1 is 0.794 bits per heavy atom. The number of aromatic nitrogens is 1. The van der Waals surface area contributed by atoms with E-state index < -0.39 is 0 Å². The highest BCUT2D eigenvalue weighted by Crippen LogP contribution is 2.30. The fraction of sp³-hybridized carbons (Fsp3) is 0.0370. The van der Waals surface area contributed by atoms with Gasteiger partial charge in [0.2, 0.25) is 5.91 Å². The molecular formula is C27H18Cl2N2O2S. The van der Waals surface area contributed by atoms with Crippen molar-refractivity contribution in [3.05, 3.63) is 107 Å². The van der Waals surface area contributed by atoms with Gasteiger partial charge in [0.25, 0.3) is 5.91 Å². The van der Waals surface area contributed by atoms with Crippen molar-refractivity contribution in [1.82, 2.24) is 4.57 Å². The van der Waals surface area contributed by atoms with Gasteiger partial charge in [-0.1, -0.05) is 65.7 Å². The molecule has 1 N–H and O–H groups in total. The second-order valence-electron chi connectivity index (χ2n) is 7.66. The molecule has 7 heteroatoms. The molecule has 0 saturated carbocycles. The number of nitrogens with zero attached hydrogens (tertiary/aromatic N) is 1. The second-order valence-corrected chi connectivity index (χ2v) is 9.55. The first-order valence-corrected chi connectivity index (χ1v) is 12.3. The molecule has 0 fully saturated rings. The van der Waals surface area contributed by atoms with E-state index in [-0.39, 0.29) is 22.6 Å². The number of hydrogen-bond donors (Lipinski definition) is 1. The Kier molecular flexibility index (Phi) is 6.33. The summed E-state index contributed by atoms with van der Waals surface area (Å²) >= 11 is 13.5. The first kappa shape index (κ1) is 22.5. The van der Waals surface area contributed by atoms with E-state index in [1.165, 1.54) is 17.8 Å². The molecule has 1 aromatic heterocycles. The Bertz CT molecular complexity index is 1510. The van der Waals surface area contributed by atoms with E-state index in [4.69, 9.17) is 23.2 Å². The SMILES string of the molecule is O=C(Nc1cccc(SCC(=O)n2c3ccccc3c3ccccc32)c1)c1ccc(Cl)cc1Cl. The van der Waals surface area contributed by atoms with E-state index >= 15 is 0 Å². The van der Waals surface area contributed by atoms with Gasteiger partial charge in [0, 0.05) is 26.4 Å². The second kappa shape index (κ2) is 9.55. The maximum absolute atomic E-state index is 13.3. The highest BCUT2D eigenvalue weighted by Gasteiger charge is 2.16. The van der Waals surface area contributed by atoms with Crippen LogP contribution in [-0.2, 0) is 0 Å². The number of hydrogen-bond acceptors (Lipinski definition) is 3.